The van der Waals surface area contributed by atoms with E-state index in [4.69, 9.17) is 0 Å². The molecule has 19 heavy (non-hydrogen) atoms. The molecule has 0 atom stereocenters. The molecule has 0 bridgehead atoms. The molecule has 0 saturated carbocycles. The Morgan fingerprint density at radius 3 is 2.63 bits per heavy atom. The van der Waals surface area contributed by atoms with Crippen LogP contribution >= 0.6 is 0 Å². The minimum absolute atomic E-state index is 0.0139. The van der Waals surface area contributed by atoms with Gasteiger partial charge in [-0.2, -0.15) is 0 Å². The summed E-state index contributed by atoms with van der Waals surface area (Å²) in [5.74, 6) is -0.268. The predicted molar refractivity (Wildman–Crippen MR) is 73.3 cm³/mol. The van der Waals surface area contributed by atoms with Crippen molar-refractivity contribution in [2.45, 2.75) is 13.3 Å². The van der Waals surface area contributed by atoms with Gasteiger partial charge in [0, 0.05) is 19.2 Å². The summed E-state index contributed by atoms with van der Waals surface area (Å²) < 4.78 is 13.2. The number of rotatable bonds is 4. The normalized spacial score (nSPS) is 10.3. The number of nitrogens with zero attached hydrogens (tertiary/aromatic N) is 2. The standard InChI is InChI=1S/C15H15FN2O/c1-3-15(19)14-8-7-13(10-17-14)18(2)12-6-4-5-11(16)9-12/h4-10H,3H2,1-2H3. The molecule has 1 heterocycles. The molecule has 0 radical (unpaired) electrons. The van der Waals surface area contributed by atoms with Gasteiger partial charge in [0.1, 0.15) is 11.5 Å². The second kappa shape index (κ2) is 5.61. The topological polar surface area (TPSA) is 33.2 Å². The van der Waals surface area contributed by atoms with Crippen molar-refractivity contribution in [1.82, 2.24) is 4.98 Å². The van der Waals surface area contributed by atoms with Crippen LogP contribution in [0.25, 0.3) is 0 Å². The van der Waals surface area contributed by atoms with Crippen molar-refractivity contribution in [3.63, 3.8) is 0 Å². The quantitative estimate of drug-likeness (QED) is 0.786. The van der Waals surface area contributed by atoms with Crippen LogP contribution in [0.15, 0.2) is 42.6 Å². The van der Waals surface area contributed by atoms with Crippen molar-refractivity contribution >= 4 is 17.2 Å². The van der Waals surface area contributed by atoms with E-state index < -0.39 is 0 Å². The Hall–Kier alpha value is -2.23. The molecule has 2 aromatic rings. The molecular formula is C15H15FN2O. The number of carbonyl (C=O) groups excluding carboxylic acids is 1. The second-order valence-corrected chi connectivity index (χ2v) is 4.22. The zero-order chi connectivity index (χ0) is 13.8. The van der Waals surface area contributed by atoms with Crippen LogP contribution < -0.4 is 4.90 Å². The monoisotopic (exact) mass is 258 g/mol. The summed E-state index contributed by atoms with van der Waals surface area (Å²) >= 11 is 0. The van der Waals surface area contributed by atoms with Gasteiger partial charge in [0.05, 0.1) is 11.9 Å². The summed E-state index contributed by atoms with van der Waals surface area (Å²) in [5.41, 5.74) is 1.99. The number of anilines is 2. The highest BCUT2D eigenvalue weighted by Gasteiger charge is 2.08. The fourth-order valence-electron chi connectivity index (χ4n) is 1.76. The van der Waals surface area contributed by atoms with Gasteiger partial charge in [-0.05, 0) is 30.3 Å². The first-order chi connectivity index (χ1) is 9.11. The maximum Gasteiger partial charge on any atom is 0.180 e. The first-order valence-electron chi connectivity index (χ1n) is 6.10. The maximum absolute atomic E-state index is 13.2. The van der Waals surface area contributed by atoms with Crippen LogP contribution in [0.3, 0.4) is 0 Å². The average molecular weight is 258 g/mol. The van der Waals surface area contributed by atoms with Crippen LogP contribution in [0.4, 0.5) is 15.8 Å². The van der Waals surface area contributed by atoms with Crippen LogP contribution in [0.2, 0.25) is 0 Å². The molecule has 0 amide bonds. The van der Waals surface area contributed by atoms with E-state index >= 15 is 0 Å². The predicted octanol–water partition coefficient (Wildman–Crippen LogP) is 3.58. The van der Waals surface area contributed by atoms with Crippen molar-refractivity contribution in [2.24, 2.45) is 0 Å². The Labute approximate surface area is 111 Å². The van der Waals surface area contributed by atoms with E-state index in [1.165, 1.54) is 12.1 Å². The molecule has 4 heteroatoms. The van der Waals surface area contributed by atoms with Gasteiger partial charge in [0.25, 0.3) is 0 Å². The molecule has 2 rings (SSSR count). The van der Waals surface area contributed by atoms with Crippen molar-refractivity contribution < 1.29 is 9.18 Å². The molecule has 0 aliphatic heterocycles. The van der Waals surface area contributed by atoms with Gasteiger partial charge < -0.3 is 4.90 Å². The van der Waals surface area contributed by atoms with E-state index in [1.54, 1.807) is 31.3 Å². The minimum atomic E-state index is -0.282. The van der Waals surface area contributed by atoms with Gasteiger partial charge >= 0.3 is 0 Å². The Kier molecular flexibility index (Phi) is 3.90. The van der Waals surface area contributed by atoms with Gasteiger partial charge in [-0.3, -0.25) is 9.78 Å². The molecule has 0 saturated heterocycles. The van der Waals surface area contributed by atoms with Crippen molar-refractivity contribution in [1.29, 1.82) is 0 Å². The average Bonchev–Trinajstić information content (AvgIpc) is 2.46. The second-order valence-electron chi connectivity index (χ2n) is 4.22. The molecule has 0 unspecified atom stereocenters. The van der Waals surface area contributed by atoms with Crippen molar-refractivity contribution in [2.75, 3.05) is 11.9 Å². The summed E-state index contributed by atoms with van der Waals surface area (Å²) in [4.78, 5) is 17.4. The summed E-state index contributed by atoms with van der Waals surface area (Å²) in [7, 11) is 1.83. The fourth-order valence-corrected chi connectivity index (χ4v) is 1.76. The van der Waals surface area contributed by atoms with Crippen LogP contribution in [0, 0.1) is 5.82 Å². The third-order valence-electron chi connectivity index (χ3n) is 2.94. The van der Waals surface area contributed by atoms with E-state index in [0.29, 0.717) is 12.1 Å². The summed E-state index contributed by atoms with van der Waals surface area (Å²) in [6.07, 6.45) is 2.06. The number of carbonyl (C=O) groups is 1. The maximum atomic E-state index is 13.2. The van der Waals surface area contributed by atoms with E-state index in [0.717, 1.165) is 11.4 Å². The summed E-state index contributed by atoms with van der Waals surface area (Å²) in [6, 6.07) is 9.82. The molecule has 98 valence electrons. The molecular weight excluding hydrogens is 243 g/mol. The first kappa shape index (κ1) is 13.2. The lowest BCUT2D eigenvalue weighted by atomic mass is 10.2. The highest BCUT2D eigenvalue weighted by atomic mass is 19.1. The van der Waals surface area contributed by atoms with Crippen molar-refractivity contribution in [3.05, 3.63) is 54.1 Å². The first-order valence-corrected chi connectivity index (χ1v) is 6.10. The molecule has 3 nitrogen and oxygen atoms in total. The molecule has 0 aliphatic carbocycles. The van der Waals surface area contributed by atoms with E-state index in [2.05, 4.69) is 4.98 Å². The molecule has 0 fully saturated rings. The lowest BCUT2D eigenvalue weighted by Gasteiger charge is -2.19. The van der Waals surface area contributed by atoms with Crippen LogP contribution in [-0.4, -0.2) is 17.8 Å². The fraction of sp³-hybridized carbons (Fsp3) is 0.200. The Bertz CT molecular complexity index is 581. The van der Waals surface area contributed by atoms with E-state index in [-0.39, 0.29) is 11.6 Å². The molecule has 0 aliphatic rings. The number of halogens is 1. The number of ketones is 1. The third-order valence-corrected chi connectivity index (χ3v) is 2.94. The zero-order valence-electron chi connectivity index (χ0n) is 10.9. The number of hydrogen-bond acceptors (Lipinski definition) is 3. The lowest BCUT2D eigenvalue weighted by molar-refractivity contribution is 0.0983. The van der Waals surface area contributed by atoms with E-state index in [1.807, 2.05) is 18.0 Å². The Morgan fingerprint density at radius 1 is 1.26 bits per heavy atom. The van der Waals surface area contributed by atoms with Crippen molar-refractivity contribution in [3.8, 4) is 0 Å². The summed E-state index contributed by atoms with van der Waals surface area (Å²) in [5, 5.41) is 0. The number of hydrogen-bond donors (Lipinski definition) is 0. The smallest absolute Gasteiger partial charge is 0.180 e. The zero-order valence-corrected chi connectivity index (χ0v) is 10.9. The number of aromatic nitrogens is 1. The summed E-state index contributed by atoms with van der Waals surface area (Å²) in [6.45, 7) is 1.80. The van der Waals surface area contributed by atoms with Gasteiger partial charge in [-0.25, -0.2) is 4.39 Å². The lowest BCUT2D eigenvalue weighted by Crippen LogP contribution is -2.10. The van der Waals surface area contributed by atoms with E-state index in [9.17, 15) is 9.18 Å². The minimum Gasteiger partial charge on any atom is -0.343 e. The molecule has 1 aromatic carbocycles. The van der Waals surface area contributed by atoms with Gasteiger partial charge in [-0.15, -0.1) is 0 Å². The van der Waals surface area contributed by atoms with Gasteiger partial charge in [-0.1, -0.05) is 13.0 Å². The van der Waals surface area contributed by atoms with Crippen LogP contribution in [0.5, 0.6) is 0 Å². The van der Waals surface area contributed by atoms with Crippen LogP contribution in [0.1, 0.15) is 23.8 Å². The van der Waals surface area contributed by atoms with Gasteiger partial charge in [0.15, 0.2) is 5.78 Å². The molecule has 1 aromatic heterocycles. The molecule has 0 N–H and O–H groups in total. The number of benzene rings is 1. The van der Waals surface area contributed by atoms with Crippen LogP contribution in [-0.2, 0) is 0 Å². The Balaban J connectivity index is 2.25. The molecule has 0 spiro atoms. The SMILES string of the molecule is CCC(=O)c1ccc(N(C)c2cccc(F)c2)cn1. The Morgan fingerprint density at radius 2 is 2.05 bits per heavy atom. The highest BCUT2D eigenvalue weighted by molar-refractivity contribution is 5.94. The number of pyridine rings is 1. The largest absolute Gasteiger partial charge is 0.343 e. The third kappa shape index (κ3) is 2.96. The van der Waals surface area contributed by atoms with Gasteiger partial charge in [0.2, 0.25) is 0 Å². The highest BCUT2D eigenvalue weighted by Crippen LogP contribution is 2.23. The number of Topliss-reactive ketones (excluding diaryl/α,β-unsaturated/α-hetero) is 1.